The third-order valence-electron chi connectivity index (χ3n) is 4.22. The number of hydrogen-bond acceptors (Lipinski definition) is 2. The Kier molecular flexibility index (Phi) is 7.61. The fraction of sp³-hybridized carbons (Fsp3) is 0.684. The van der Waals surface area contributed by atoms with Crippen molar-refractivity contribution in [2.24, 2.45) is 11.3 Å². The smallest absolute Gasteiger partial charge is 0.402 e. The lowest BCUT2D eigenvalue weighted by molar-refractivity contribution is -0.305. The first-order valence-corrected chi connectivity index (χ1v) is 8.68. The molecule has 8 heteroatoms. The van der Waals surface area contributed by atoms with Crippen LogP contribution in [-0.4, -0.2) is 25.2 Å². The molecule has 27 heavy (non-hydrogen) atoms. The molecule has 0 aliphatic rings. The van der Waals surface area contributed by atoms with E-state index in [1.165, 1.54) is 0 Å². The van der Waals surface area contributed by atoms with E-state index >= 15 is 0 Å². The van der Waals surface area contributed by atoms with Gasteiger partial charge in [-0.3, -0.25) is 0 Å². The molecule has 0 aliphatic carbocycles. The van der Waals surface area contributed by atoms with E-state index in [9.17, 15) is 26.3 Å². The Morgan fingerprint density at radius 2 is 1.37 bits per heavy atom. The normalized spacial score (nSPS) is 15.7. The van der Waals surface area contributed by atoms with Gasteiger partial charge in [0.15, 0.2) is 5.92 Å². The molecule has 0 heterocycles. The van der Waals surface area contributed by atoms with Crippen LogP contribution >= 0.6 is 0 Å². The van der Waals surface area contributed by atoms with Gasteiger partial charge in [-0.1, -0.05) is 46.8 Å². The number of hydrogen-bond donors (Lipinski definition) is 0. The molecule has 1 aromatic rings. The zero-order valence-electron chi connectivity index (χ0n) is 16.0. The molecule has 1 rings (SSSR count). The number of ether oxygens (including phenoxy) is 2. The fourth-order valence-corrected chi connectivity index (χ4v) is 2.25. The summed E-state index contributed by atoms with van der Waals surface area (Å²) in [5, 5.41) is 0. The second kappa shape index (κ2) is 8.71. The van der Waals surface area contributed by atoms with Crippen molar-refractivity contribution in [1.82, 2.24) is 0 Å². The van der Waals surface area contributed by atoms with Crippen LogP contribution in [0.3, 0.4) is 0 Å². The van der Waals surface area contributed by atoms with Crippen LogP contribution in [-0.2, 0) is 4.74 Å². The van der Waals surface area contributed by atoms with Crippen molar-refractivity contribution < 1.29 is 35.8 Å². The minimum Gasteiger partial charge on any atom is -0.464 e. The van der Waals surface area contributed by atoms with Crippen LogP contribution in [0.4, 0.5) is 26.3 Å². The number of rotatable bonds is 7. The molecular formula is C19H26F6O2. The Morgan fingerprint density at radius 1 is 0.889 bits per heavy atom. The summed E-state index contributed by atoms with van der Waals surface area (Å²) < 4.78 is 86.7. The summed E-state index contributed by atoms with van der Waals surface area (Å²) in [6, 6.07) is 6.90. The summed E-state index contributed by atoms with van der Waals surface area (Å²) in [5.74, 6) is -2.92. The molecule has 2 nitrogen and oxygen atoms in total. The van der Waals surface area contributed by atoms with Crippen LogP contribution in [0.1, 0.15) is 52.5 Å². The zero-order chi connectivity index (χ0) is 21.0. The van der Waals surface area contributed by atoms with E-state index in [-0.39, 0.29) is 0 Å². The molecule has 0 saturated heterocycles. The van der Waals surface area contributed by atoms with Crippen LogP contribution in [0.2, 0.25) is 0 Å². The second-order valence-electron chi connectivity index (χ2n) is 7.66. The van der Waals surface area contributed by atoms with E-state index in [4.69, 9.17) is 9.47 Å². The average Bonchev–Trinajstić information content (AvgIpc) is 2.50. The molecule has 0 amide bonds. The first-order valence-electron chi connectivity index (χ1n) is 8.68. The molecule has 0 saturated carbocycles. The molecule has 0 aliphatic heterocycles. The molecule has 1 aromatic carbocycles. The van der Waals surface area contributed by atoms with Crippen LogP contribution in [0, 0.1) is 11.3 Å². The monoisotopic (exact) mass is 400 g/mol. The standard InChI is InChI=1S/C19H26F6O2/c1-6-12(2)13-7-9-14(10-8-13)27-16(17(3,4)5)26-11-15(18(20,21)22)19(23,24)25/h7-10,12,15-16H,6,11H2,1-5H3. The molecule has 0 bridgehead atoms. The van der Waals surface area contributed by atoms with Gasteiger partial charge in [-0.15, -0.1) is 0 Å². The highest BCUT2D eigenvalue weighted by atomic mass is 19.4. The first kappa shape index (κ1) is 23.6. The summed E-state index contributed by atoms with van der Waals surface area (Å²) in [6.07, 6.45) is -11.2. The van der Waals surface area contributed by atoms with Gasteiger partial charge in [-0.05, 0) is 30.0 Å². The molecule has 2 atom stereocenters. The third-order valence-corrected chi connectivity index (χ3v) is 4.22. The number of halogens is 6. The molecule has 156 valence electrons. The summed E-state index contributed by atoms with van der Waals surface area (Å²) in [5.41, 5.74) is 0.226. The van der Waals surface area contributed by atoms with Gasteiger partial charge in [-0.25, -0.2) is 0 Å². The maximum absolute atomic E-state index is 12.7. The van der Waals surface area contributed by atoms with E-state index in [1.807, 2.05) is 26.0 Å². The van der Waals surface area contributed by atoms with E-state index in [2.05, 4.69) is 0 Å². The Morgan fingerprint density at radius 3 is 1.74 bits per heavy atom. The van der Waals surface area contributed by atoms with Gasteiger partial charge in [-0.2, -0.15) is 26.3 Å². The van der Waals surface area contributed by atoms with Gasteiger partial charge in [0.1, 0.15) is 5.75 Å². The van der Waals surface area contributed by atoms with Crippen LogP contribution in [0.25, 0.3) is 0 Å². The Balaban J connectivity index is 2.91. The van der Waals surface area contributed by atoms with Crippen molar-refractivity contribution in [3.8, 4) is 5.75 Å². The number of alkyl halides is 6. The largest absolute Gasteiger partial charge is 0.464 e. The van der Waals surface area contributed by atoms with E-state index in [1.54, 1.807) is 32.9 Å². The quantitative estimate of drug-likeness (QED) is 0.374. The Hall–Kier alpha value is -1.44. The lowest BCUT2D eigenvalue weighted by atomic mass is 9.95. The molecule has 0 spiro atoms. The fourth-order valence-electron chi connectivity index (χ4n) is 2.25. The van der Waals surface area contributed by atoms with Crippen LogP contribution in [0.15, 0.2) is 24.3 Å². The topological polar surface area (TPSA) is 18.5 Å². The molecule has 2 unspecified atom stereocenters. The van der Waals surface area contributed by atoms with Crippen molar-refractivity contribution in [2.45, 2.75) is 65.6 Å². The minimum atomic E-state index is -5.45. The predicted octanol–water partition coefficient (Wildman–Crippen LogP) is 6.71. The minimum absolute atomic E-state index is 0.317. The van der Waals surface area contributed by atoms with Crippen molar-refractivity contribution in [3.63, 3.8) is 0 Å². The lowest BCUT2D eigenvalue weighted by Crippen LogP contribution is -2.43. The van der Waals surface area contributed by atoms with Gasteiger partial charge >= 0.3 is 12.4 Å². The van der Waals surface area contributed by atoms with Gasteiger partial charge in [0.05, 0.1) is 6.61 Å². The highest BCUT2D eigenvalue weighted by Gasteiger charge is 2.57. The predicted molar refractivity (Wildman–Crippen MR) is 90.6 cm³/mol. The van der Waals surface area contributed by atoms with E-state index < -0.39 is 36.6 Å². The molecule has 0 radical (unpaired) electrons. The molecule has 0 fully saturated rings. The van der Waals surface area contributed by atoms with Gasteiger partial charge in [0.25, 0.3) is 0 Å². The maximum atomic E-state index is 12.7. The molecule has 0 N–H and O–H groups in total. The van der Waals surface area contributed by atoms with Crippen LogP contribution in [0.5, 0.6) is 5.75 Å². The Labute approximate surface area is 155 Å². The number of benzene rings is 1. The highest BCUT2D eigenvalue weighted by molar-refractivity contribution is 5.29. The van der Waals surface area contributed by atoms with E-state index in [0.29, 0.717) is 11.7 Å². The SMILES string of the molecule is CCC(C)c1ccc(OC(OCC(C(F)(F)F)C(F)(F)F)C(C)(C)C)cc1. The van der Waals surface area contributed by atoms with Crippen LogP contribution < -0.4 is 4.74 Å². The van der Waals surface area contributed by atoms with Gasteiger partial charge in [0, 0.05) is 5.41 Å². The highest BCUT2D eigenvalue weighted by Crippen LogP contribution is 2.40. The summed E-state index contributed by atoms with van der Waals surface area (Å²) >= 11 is 0. The van der Waals surface area contributed by atoms with E-state index in [0.717, 1.165) is 12.0 Å². The van der Waals surface area contributed by atoms with Gasteiger partial charge < -0.3 is 9.47 Å². The second-order valence-corrected chi connectivity index (χ2v) is 7.66. The average molecular weight is 400 g/mol. The molecule has 0 aromatic heterocycles. The maximum Gasteiger partial charge on any atom is 0.402 e. The summed E-state index contributed by atoms with van der Waals surface area (Å²) in [7, 11) is 0. The first-order chi connectivity index (χ1) is 12.2. The van der Waals surface area contributed by atoms with Crippen molar-refractivity contribution in [1.29, 1.82) is 0 Å². The molecular weight excluding hydrogens is 374 g/mol. The Bertz CT molecular complexity index is 558. The lowest BCUT2D eigenvalue weighted by Gasteiger charge is -2.33. The summed E-state index contributed by atoms with van der Waals surface area (Å²) in [6.45, 7) is 7.37. The van der Waals surface area contributed by atoms with Gasteiger partial charge in [0.2, 0.25) is 6.29 Å². The third kappa shape index (κ3) is 7.24. The van der Waals surface area contributed by atoms with Crippen molar-refractivity contribution in [3.05, 3.63) is 29.8 Å². The van der Waals surface area contributed by atoms with Crippen molar-refractivity contribution in [2.75, 3.05) is 6.61 Å². The zero-order valence-corrected chi connectivity index (χ0v) is 16.0. The summed E-state index contributed by atoms with van der Waals surface area (Å²) in [4.78, 5) is 0. The van der Waals surface area contributed by atoms with Crippen molar-refractivity contribution >= 4 is 0 Å².